The number of aromatic hydroxyl groups is 1. The van der Waals surface area contributed by atoms with Crippen molar-refractivity contribution in [3.63, 3.8) is 0 Å². The Labute approximate surface area is 205 Å². The predicted molar refractivity (Wildman–Crippen MR) is 129 cm³/mol. The standard InChI is InChI=1S/C27H24N2O7/c1-12-10-16-22(31)20-15(11-13-6-3-2-4-7-13)14-8-5-9-17(30)19(14)23(32)21(20)24(29-36)27(16,35)25(33)18(12)26(28)34/h2-9,15-16,20,22,30-31,33,35H,1,10-11H2,(H2,28,34)/t15-,16?,20+,22+,27-/m0/s1. The maximum atomic E-state index is 13.7. The van der Waals surface area contributed by atoms with Crippen LogP contribution in [0.3, 0.4) is 0 Å². The van der Waals surface area contributed by atoms with Crippen LogP contribution in [-0.4, -0.2) is 43.8 Å². The summed E-state index contributed by atoms with van der Waals surface area (Å²) in [4.78, 5) is 38.0. The zero-order valence-corrected chi connectivity index (χ0v) is 19.1. The van der Waals surface area contributed by atoms with Gasteiger partial charge in [-0.15, -0.1) is 4.91 Å². The minimum Gasteiger partial charge on any atom is -0.508 e. The third-order valence-corrected chi connectivity index (χ3v) is 7.70. The van der Waals surface area contributed by atoms with Crippen LogP contribution in [0.5, 0.6) is 5.75 Å². The Morgan fingerprint density at radius 1 is 1.14 bits per heavy atom. The molecule has 0 saturated carbocycles. The number of nitrogens with two attached hydrogens (primary N) is 1. The number of benzene rings is 2. The fourth-order valence-corrected chi connectivity index (χ4v) is 6.14. The molecule has 3 aliphatic rings. The molecule has 1 amide bonds. The number of amides is 1. The first kappa shape index (κ1) is 23.7. The Bertz CT molecular complexity index is 1390. The Balaban J connectivity index is 1.83. The van der Waals surface area contributed by atoms with Crippen molar-refractivity contribution in [2.24, 2.45) is 22.7 Å². The SMILES string of the molecule is C=C1CC2[C@@H](O)[C@H]3C(=C(N=O)[C@]2(O)C(O)=C1C(N)=O)C(=O)c1c(O)cccc1[C@@H]3Cc1ccccc1. The van der Waals surface area contributed by atoms with Gasteiger partial charge in [0.05, 0.1) is 17.2 Å². The molecule has 3 aliphatic carbocycles. The molecule has 0 bridgehead atoms. The summed E-state index contributed by atoms with van der Waals surface area (Å²) >= 11 is 0. The van der Waals surface area contributed by atoms with Gasteiger partial charge in [-0.05, 0) is 46.7 Å². The van der Waals surface area contributed by atoms with Gasteiger partial charge in [-0.25, -0.2) is 0 Å². The van der Waals surface area contributed by atoms with Gasteiger partial charge in [-0.3, -0.25) is 9.59 Å². The molecule has 2 aromatic carbocycles. The van der Waals surface area contributed by atoms with Gasteiger partial charge in [0.2, 0.25) is 0 Å². The van der Waals surface area contributed by atoms with E-state index in [1.807, 2.05) is 30.3 Å². The van der Waals surface area contributed by atoms with Gasteiger partial charge in [0, 0.05) is 17.4 Å². The summed E-state index contributed by atoms with van der Waals surface area (Å²) < 4.78 is 0. The number of Topliss-reactive ketones (excluding diaryl/α,β-unsaturated/α-hetero) is 1. The van der Waals surface area contributed by atoms with Crippen molar-refractivity contribution >= 4 is 11.7 Å². The number of nitroso groups, excluding NO2 is 1. The second-order valence-electron chi connectivity index (χ2n) is 9.51. The number of hydrogen-bond donors (Lipinski definition) is 5. The Kier molecular flexibility index (Phi) is 5.42. The number of phenols is 1. The molecule has 9 nitrogen and oxygen atoms in total. The summed E-state index contributed by atoms with van der Waals surface area (Å²) in [5.74, 6) is -6.01. The molecule has 0 saturated heterocycles. The number of primary amides is 1. The van der Waals surface area contributed by atoms with Gasteiger partial charge < -0.3 is 26.2 Å². The Morgan fingerprint density at radius 2 is 1.83 bits per heavy atom. The van der Waals surface area contributed by atoms with Crippen LogP contribution in [0.1, 0.15) is 33.8 Å². The first-order chi connectivity index (χ1) is 17.1. The minimum atomic E-state index is -2.65. The quantitative estimate of drug-likeness (QED) is 0.412. The monoisotopic (exact) mass is 488 g/mol. The van der Waals surface area contributed by atoms with Crippen molar-refractivity contribution in [3.8, 4) is 5.75 Å². The predicted octanol–water partition coefficient (Wildman–Crippen LogP) is 2.53. The molecule has 5 rings (SSSR count). The molecule has 1 unspecified atom stereocenters. The molecule has 2 aromatic rings. The molecule has 0 aliphatic heterocycles. The second-order valence-corrected chi connectivity index (χ2v) is 9.51. The Hall–Kier alpha value is -4.08. The molecule has 0 fully saturated rings. The third-order valence-electron chi connectivity index (χ3n) is 7.70. The number of fused-ring (bicyclic) bond motifs is 3. The summed E-state index contributed by atoms with van der Waals surface area (Å²) in [6.07, 6.45) is -1.29. The number of carbonyl (C=O) groups excluding carboxylic acids is 2. The fraction of sp³-hybridized carbons (Fsp3) is 0.259. The van der Waals surface area contributed by atoms with Crippen LogP contribution in [0.4, 0.5) is 0 Å². The average Bonchev–Trinajstić information content (AvgIpc) is 2.84. The molecule has 6 N–H and O–H groups in total. The number of nitrogens with zero attached hydrogens (tertiary/aromatic N) is 1. The van der Waals surface area contributed by atoms with Gasteiger partial charge in [0.15, 0.2) is 11.4 Å². The molecular weight excluding hydrogens is 464 g/mol. The fourth-order valence-electron chi connectivity index (χ4n) is 6.14. The van der Waals surface area contributed by atoms with Gasteiger partial charge >= 0.3 is 0 Å². The normalized spacial score (nSPS) is 29.4. The molecular formula is C27H24N2O7. The molecule has 184 valence electrons. The van der Waals surface area contributed by atoms with E-state index in [0.717, 1.165) is 5.56 Å². The van der Waals surface area contributed by atoms with E-state index in [2.05, 4.69) is 11.8 Å². The van der Waals surface area contributed by atoms with Crippen molar-refractivity contribution < 1.29 is 30.0 Å². The molecule has 0 heterocycles. The molecule has 0 radical (unpaired) electrons. The largest absolute Gasteiger partial charge is 0.508 e. The molecule has 9 heteroatoms. The van der Waals surface area contributed by atoms with Crippen LogP contribution in [0.25, 0.3) is 0 Å². The molecule has 0 aromatic heterocycles. The Morgan fingerprint density at radius 3 is 2.47 bits per heavy atom. The maximum Gasteiger partial charge on any atom is 0.252 e. The van der Waals surface area contributed by atoms with Crippen molar-refractivity contribution in [2.45, 2.75) is 30.5 Å². The average molecular weight is 488 g/mol. The summed E-state index contributed by atoms with van der Waals surface area (Å²) in [6.45, 7) is 3.76. The van der Waals surface area contributed by atoms with Crippen molar-refractivity contribution in [1.82, 2.24) is 0 Å². The van der Waals surface area contributed by atoms with E-state index in [-0.39, 0.29) is 28.9 Å². The van der Waals surface area contributed by atoms with E-state index < -0.39 is 58.2 Å². The maximum absolute atomic E-state index is 13.7. The lowest BCUT2D eigenvalue weighted by atomic mass is 9.55. The first-order valence-electron chi connectivity index (χ1n) is 11.4. The molecule has 5 atom stereocenters. The smallest absolute Gasteiger partial charge is 0.252 e. The van der Waals surface area contributed by atoms with Crippen LogP contribution in [0, 0.1) is 16.7 Å². The first-order valence-corrected chi connectivity index (χ1v) is 11.4. The number of ketones is 1. The number of aliphatic hydroxyl groups is 3. The number of phenolic OH excluding ortho intramolecular Hbond substituents is 1. The van der Waals surface area contributed by atoms with Crippen molar-refractivity contribution in [3.05, 3.63) is 105 Å². The zero-order valence-electron chi connectivity index (χ0n) is 19.1. The van der Waals surface area contributed by atoms with Crippen LogP contribution in [-0.2, 0) is 11.2 Å². The van der Waals surface area contributed by atoms with E-state index in [1.54, 1.807) is 12.1 Å². The van der Waals surface area contributed by atoms with Gasteiger partial charge in [-0.2, -0.15) is 0 Å². The van der Waals surface area contributed by atoms with Crippen LogP contribution in [0.2, 0.25) is 0 Å². The van der Waals surface area contributed by atoms with Crippen molar-refractivity contribution in [2.75, 3.05) is 0 Å². The highest BCUT2D eigenvalue weighted by Gasteiger charge is 2.62. The summed E-state index contributed by atoms with van der Waals surface area (Å²) in [7, 11) is 0. The molecule has 0 spiro atoms. The van der Waals surface area contributed by atoms with Crippen LogP contribution >= 0.6 is 0 Å². The lowest BCUT2D eigenvalue weighted by molar-refractivity contribution is -0.116. The number of rotatable bonds is 4. The van der Waals surface area contributed by atoms with Gasteiger partial charge in [0.1, 0.15) is 17.2 Å². The number of aliphatic hydroxyl groups excluding tert-OH is 2. The third kappa shape index (κ3) is 3.09. The highest BCUT2D eigenvalue weighted by Crippen LogP contribution is 2.58. The topological polar surface area (TPSA) is 171 Å². The van der Waals surface area contributed by atoms with E-state index in [1.165, 1.54) is 6.07 Å². The van der Waals surface area contributed by atoms with E-state index in [0.29, 0.717) is 12.0 Å². The highest BCUT2D eigenvalue weighted by molar-refractivity contribution is 6.14. The van der Waals surface area contributed by atoms with E-state index in [4.69, 9.17) is 5.73 Å². The van der Waals surface area contributed by atoms with E-state index >= 15 is 0 Å². The lowest BCUT2D eigenvalue weighted by Gasteiger charge is -2.51. The summed E-state index contributed by atoms with van der Waals surface area (Å²) in [5, 5.41) is 47.9. The summed E-state index contributed by atoms with van der Waals surface area (Å²) in [5.41, 5.74) is 2.63. The lowest BCUT2D eigenvalue weighted by Crippen LogP contribution is -2.59. The zero-order chi connectivity index (χ0) is 25.9. The van der Waals surface area contributed by atoms with Crippen molar-refractivity contribution in [1.29, 1.82) is 0 Å². The number of hydrogen-bond acceptors (Lipinski definition) is 8. The molecule has 36 heavy (non-hydrogen) atoms. The highest BCUT2D eigenvalue weighted by atomic mass is 16.3. The van der Waals surface area contributed by atoms with Gasteiger partial charge in [-0.1, -0.05) is 49.0 Å². The van der Waals surface area contributed by atoms with E-state index in [9.17, 15) is 34.9 Å². The van der Waals surface area contributed by atoms with Crippen LogP contribution in [0.15, 0.2) is 88.5 Å². The minimum absolute atomic E-state index is 0.0705. The second kappa shape index (κ2) is 8.25. The summed E-state index contributed by atoms with van der Waals surface area (Å²) in [6, 6.07) is 13.9. The number of carbonyl (C=O) groups is 2. The van der Waals surface area contributed by atoms with Gasteiger partial charge in [0.25, 0.3) is 5.91 Å². The van der Waals surface area contributed by atoms with Crippen LogP contribution < -0.4 is 5.73 Å².